The summed E-state index contributed by atoms with van der Waals surface area (Å²) in [7, 11) is -3.85. The Hall–Kier alpha value is -3.43. The Morgan fingerprint density at radius 3 is 2.24 bits per heavy atom. The maximum absolute atomic E-state index is 12.8. The molecule has 0 amide bonds. The molecule has 6 nitrogen and oxygen atoms in total. The third-order valence-electron chi connectivity index (χ3n) is 5.56. The van der Waals surface area contributed by atoms with E-state index in [2.05, 4.69) is 14.7 Å². The number of thiophene rings is 1. The zero-order valence-electron chi connectivity index (χ0n) is 19.2. The smallest absolute Gasteiger partial charge is 0.273 e. The van der Waals surface area contributed by atoms with Crippen molar-refractivity contribution in [3.8, 4) is 22.4 Å². The third kappa shape index (κ3) is 5.78. The minimum absolute atomic E-state index is 0.134. The number of guanidine groups is 1. The first-order valence-electron chi connectivity index (χ1n) is 11.1. The number of pyridine rings is 1. The van der Waals surface area contributed by atoms with Gasteiger partial charge in [0.15, 0.2) is 0 Å². The van der Waals surface area contributed by atoms with Crippen molar-refractivity contribution in [3.63, 3.8) is 0 Å². The molecule has 5 rings (SSSR count). The molecule has 5 aromatic rings. The summed E-state index contributed by atoms with van der Waals surface area (Å²) in [5, 5.41) is 2.12. The molecule has 3 N–H and O–H groups in total. The van der Waals surface area contributed by atoms with E-state index in [1.54, 1.807) is 12.3 Å². The molecule has 0 spiro atoms. The van der Waals surface area contributed by atoms with E-state index in [1.165, 1.54) is 11.3 Å². The minimum atomic E-state index is -3.85. The van der Waals surface area contributed by atoms with Gasteiger partial charge in [-0.15, -0.1) is 11.3 Å². The van der Waals surface area contributed by atoms with Crippen LogP contribution in [0.15, 0.2) is 100 Å². The Labute approximate surface area is 228 Å². The van der Waals surface area contributed by atoms with Gasteiger partial charge < -0.3 is 5.73 Å². The van der Waals surface area contributed by atoms with Crippen LogP contribution in [0.1, 0.15) is 5.56 Å². The fourth-order valence-electron chi connectivity index (χ4n) is 3.77. The van der Waals surface area contributed by atoms with Crippen molar-refractivity contribution in [3.05, 3.63) is 107 Å². The number of benzene rings is 3. The van der Waals surface area contributed by atoms with Gasteiger partial charge in [0.25, 0.3) is 10.0 Å². The Kier molecular flexibility index (Phi) is 7.17. The number of fused-ring (bicyclic) bond motifs is 1. The van der Waals surface area contributed by atoms with E-state index in [9.17, 15) is 8.42 Å². The van der Waals surface area contributed by atoms with Crippen LogP contribution in [-0.4, -0.2) is 19.4 Å². The Bertz CT molecular complexity index is 1680. The van der Waals surface area contributed by atoms with Gasteiger partial charge in [-0.2, -0.15) is 0 Å². The van der Waals surface area contributed by atoms with Crippen molar-refractivity contribution < 1.29 is 8.42 Å². The molecular formula is C27H20Cl2N4O2S2. The van der Waals surface area contributed by atoms with Crippen molar-refractivity contribution in [1.29, 1.82) is 0 Å². The van der Waals surface area contributed by atoms with Crippen LogP contribution in [0.3, 0.4) is 0 Å². The number of nitrogens with two attached hydrogens (primary N) is 1. The van der Waals surface area contributed by atoms with E-state index in [0.29, 0.717) is 10.0 Å². The lowest BCUT2D eigenvalue weighted by Gasteiger charge is -2.12. The number of nitrogens with one attached hydrogen (secondary N) is 1. The highest BCUT2D eigenvalue weighted by molar-refractivity contribution is 7.92. The molecule has 0 aliphatic heterocycles. The summed E-state index contributed by atoms with van der Waals surface area (Å²) in [6, 6.07) is 25.9. The summed E-state index contributed by atoms with van der Waals surface area (Å²) < 4.78 is 29.1. The van der Waals surface area contributed by atoms with E-state index in [1.807, 2.05) is 78.9 Å². The molecule has 0 fully saturated rings. The molecule has 0 radical (unpaired) electrons. The summed E-state index contributed by atoms with van der Waals surface area (Å²) in [5.74, 6) is -0.202. The lowest BCUT2D eigenvalue weighted by Crippen LogP contribution is -2.36. The van der Waals surface area contributed by atoms with Gasteiger partial charge in [-0.25, -0.2) is 18.1 Å². The molecule has 0 unspecified atom stereocenters. The summed E-state index contributed by atoms with van der Waals surface area (Å²) >= 11 is 13.3. The van der Waals surface area contributed by atoms with E-state index >= 15 is 0 Å². The molecule has 186 valence electrons. The Morgan fingerprint density at radius 1 is 0.919 bits per heavy atom. The van der Waals surface area contributed by atoms with Crippen LogP contribution in [0.25, 0.3) is 32.5 Å². The first kappa shape index (κ1) is 25.2. The van der Waals surface area contributed by atoms with Crippen molar-refractivity contribution in [1.82, 2.24) is 9.71 Å². The highest BCUT2D eigenvalue weighted by Crippen LogP contribution is 2.33. The van der Waals surface area contributed by atoms with Crippen LogP contribution in [0.4, 0.5) is 0 Å². The molecule has 0 atom stereocenters. The van der Waals surface area contributed by atoms with Crippen molar-refractivity contribution in [2.75, 3.05) is 0 Å². The number of nitrogens with zero attached hydrogens (tertiary/aromatic N) is 2. The second-order valence-electron chi connectivity index (χ2n) is 8.16. The summed E-state index contributed by atoms with van der Waals surface area (Å²) in [6.07, 6.45) is 1.70. The largest absolute Gasteiger partial charge is 0.369 e. The number of sulfonamides is 1. The quantitative estimate of drug-likeness (QED) is 0.176. The highest BCUT2D eigenvalue weighted by atomic mass is 35.5. The second kappa shape index (κ2) is 10.5. The number of rotatable bonds is 6. The lowest BCUT2D eigenvalue weighted by molar-refractivity contribution is 0.594. The van der Waals surface area contributed by atoms with Gasteiger partial charge in [-0.1, -0.05) is 65.7 Å². The predicted octanol–water partition coefficient (Wildman–Crippen LogP) is 6.73. The zero-order valence-corrected chi connectivity index (χ0v) is 22.4. The molecule has 0 aliphatic carbocycles. The van der Waals surface area contributed by atoms with Gasteiger partial charge in [0.05, 0.1) is 12.2 Å². The van der Waals surface area contributed by atoms with E-state index < -0.39 is 10.0 Å². The van der Waals surface area contributed by atoms with Gasteiger partial charge in [0.1, 0.15) is 4.21 Å². The molecule has 0 aliphatic rings. The Morgan fingerprint density at radius 2 is 1.57 bits per heavy atom. The first-order valence-corrected chi connectivity index (χ1v) is 14.2. The monoisotopic (exact) mass is 566 g/mol. The summed E-state index contributed by atoms with van der Waals surface area (Å²) in [5.41, 5.74) is 10.2. The van der Waals surface area contributed by atoms with Gasteiger partial charge in [0, 0.05) is 32.1 Å². The van der Waals surface area contributed by atoms with Crippen LogP contribution in [0, 0.1) is 0 Å². The maximum atomic E-state index is 12.8. The number of aromatic nitrogens is 1. The second-order valence-corrected chi connectivity index (χ2v) is 12.0. The highest BCUT2D eigenvalue weighted by Gasteiger charge is 2.18. The predicted molar refractivity (Wildman–Crippen MR) is 153 cm³/mol. The molecule has 2 heterocycles. The molecule has 0 bridgehead atoms. The number of hydrogen-bond donors (Lipinski definition) is 2. The van der Waals surface area contributed by atoms with Crippen LogP contribution in [0.5, 0.6) is 0 Å². The van der Waals surface area contributed by atoms with Crippen LogP contribution < -0.4 is 10.5 Å². The number of halogens is 2. The Balaban J connectivity index is 1.41. The topological polar surface area (TPSA) is 97.4 Å². The SMILES string of the molecule is NC(=NCc1cnc(-c2ccc(Cl)cc2)c(-c2ccc(Cl)cc2)c1)NS(=O)(=O)c1cc2ccccc2s1. The molecular weight excluding hydrogens is 547 g/mol. The van der Waals surface area contributed by atoms with Gasteiger partial charge in [-0.05, 0) is 59.0 Å². The average Bonchev–Trinajstić information content (AvgIpc) is 3.34. The van der Waals surface area contributed by atoms with Gasteiger partial charge in [-0.3, -0.25) is 4.98 Å². The van der Waals surface area contributed by atoms with E-state index in [0.717, 1.165) is 38.0 Å². The maximum Gasteiger partial charge on any atom is 0.273 e. The normalized spacial score (nSPS) is 12.1. The van der Waals surface area contributed by atoms with Gasteiger partial charge >= 0.3 is 0 Å². The zero-order chi connectivity index (χ0) is 26.0. The van der Waals surface area contributed by atoms with Crippen molar-refractivity contribution in [2.24, 2.45) is 10.7 Å². The third-order valence-corrected chi connectivity index (χ3v) is 9.00. The molecule has 37 heavy (non-hydrogen) atoms. The van der Waals surface area contributed by atoms with E-state index in [4.69, 9.17) is 28.9 Å². The number of aliphatic imine (C=N–C) groups is 1. The van der Waals surface area contributed by atoms with Crippen LogP contribution in [0.2, 0.25) is 10.0 Å². The number of hydrogen-bond acceptors (Lipinski definition) is 5. The summed E-state index contributed by atoms with van der Waals surface area (Å²) in [4.78, 5) is 8.93. The van der Waals surface area contributed by atoms with E-state index in [-0.39, 0.29) is 16.7 Å². The average molecular weight is 568 g/mol. The van der Waals surface area contributed by atoms with Crippen molar-refractivity contribution >= 4 is 60.6 Å². The molecule has 0 saturated heterocycles. The lowest BCUT2D eigenvalue weighted by atomic mass is 9.98. The summed E-state index contributed by atoms with van der Waals surface area (Å²) in [6.45, 7) is 0.134. The molecule has 0 saturated carbocycles. The van der Waals surface area contributed by atoms with Crippen LogP contribution in [-0.2, 0) is 16.6 Å². The molecule has 3 aromatic carbocycles. The van der Waals surface area contributed by atoms with Crippen LogP contribution >= 0.6 is 34.5 Å². The standard InChI is InChI=1S/C27H20Cl2N4O2S2/c28-21-9-5-18(6-10-21)23-13-17(15-31-26(23)19-7-11-22(29)12-8-19)16-32-27(30)33-37(34,35)25-14-20-3-1-2-4-24(20)36-25/h1-15H,16H2,(H3,30,32,33). The van der Waals surface area contributed by atoms with Crippen molar-refractivity contribution in [2.45, 2.75) is 10.8 Å². The van der Waals surface area contributed by atoms with Gasteiger partial charge in [0.2, 0.25) is 5.96 Å². The fraction of sp³-hybridized carbons (Fsp3) is 0.0370. The minimum Gasteiger partial charge on any atom is -0.369 e. The first-order chi connectivity index (χ1) is 17.8. The molecule has 2 aromatic heterocycles. The molecule has 10 heteroatoms. The fourth-order valence-corrected chi connectivity index (χ4v) is 6.37.